The molecule has 0 radical (unpaired) electrons. The van der Waals surface area contributed by atoms with Gasteiger partial charge in [0.2, 0.25) is 17.7 Å². The number of pyridine rings is 1. The van der Waals surface area contributed by atoms with Gasteiger partial charge in [-0.05, 0) is 54.9 Å². The molecular formula is C39H52N6O7. The lowest BCUT2D eigenvalue weighted by molar-refractivity contribution is -0.605. The fourth-order valence-electron chi connectivity index (χ4n) is 5.46. The van der Waals surface area contributed by atoms with Crippen molar-refractivity contribution in [3.63, 3.8) is 0 Å². The molecule has 0 aliphatic carbocycles. The fraction of sp³-hybridized carbons (Fsp3) is 0.436. The molecule has 0 spiro atoms. The zero-order valence-electron chi connectivity index (χ0n) is 30.9. The molecule has 280 valence electrons. The van der Waals surface area contributed by atoms with Crippen LogP contribution in [-0.4, -0.2) is 67.4 Å². The van der Waals surface area contributed by atoms with Crippen LogP contribution in [0, 0.1) is 10.6 Å². The van der Waals surface area contributed by atoms with Crippen LogP contribution in [0.15, 0.2) is 79.1 Å². The summed E-state index contributed by atoms with van der Waals surface area (Å²) in [6.45, 7) is 10.0. The standard InChI is InChI=1S/C39H52N6O7/c1-7-11-32(43-37(49)33(23-39(3,4)5)44-35(47)29-18-20-45(51)21-19-29)36(48)42-31(22-27-12-9-8-10-13-27)25-40-26(2)34(46)41-24-28-14-16-30(17-15-28)38(50)52-6/h8-10,12-21,26,31-33,40H,7,11,22-25H2,1-6H3,(H,41,46)(H,42,48)(H,43,49)(H,44,47)/t26-,31-,32-,33-/m0/s1. The van der Waals surface area contributed by atoms with Gasteiger partial charge in [0.1, 0.15) is 12.1 Å². The van der Waals surface area contributed by atoms with Gasteiger partial charge in [0.05, 0.1) is 24.3 Å². The van der Waals surface area contributed by atoms with E-state index in [2.05, 4.69) is 26.6 Å². The molecule has 0 aliphatic rings. The summed E-state index contributed by atoms with van der Waals surface area (Å²) in [7, 11) is 1.31. The number of nitrogens with one attached hydrogen (secondary N) is 5. The molecule has 13 heteroatoms. The molecule has 0 aliphatic heterocycles. The van der Waals surface area contributed by atoms with E-state index in [0.717, 1.165) is 11.1 Å². The van der Waals surface area contributed by atoms with E-state index in [1.165, 1.54) is 31.6 Å². The number of methoxy groups -OCH3 is 1. The quantitative estimate of drug-likeness (QED) is 0.0757. The van der Waals surface area contributed by atoms with Crippen molar-refractivity contribution in [1.29, 1.82) is 0 Å². The largest absolute Gasteiger partial charge is 0.619 e. The average Bonchev–Trinajstić information content (AvgIpc) is 3.12. The van der Waals surface area contributed by atoms with Crippen molar-refractivity contribution < 1.29 is 33.4 Å². The predicted molar refractivity (Wildman–Crippen MR) is 197 cm³/mol. The maximum absolute atomic E-state index is 13.8. The van der Waals surface area contributed by atoms with E-state index in [-0.39, 0.29) is 35.9 Å². The van der Waals surface area contributed by atoms with Crippen molar-refractivity contribution in [2.75, 3.05) is 13.7 Å². The second-order valence-electron chi connectivity index (χ2n) is 14.0. The number of amides is 4. The van der Waals surface area contributed by atoms with Gasteiger partial charge in [-0.2, -0.15) is 4.73 Å². The van der Waals surface area contributed by atoms with Crippen LogP contribution >= 0.6 is 0 Å². The number of hydrogen-bond acceptors (Lipinski definition) is 8. The van der Waals surface area contributed by atoms with Gasteiger partial charge in [0.25, 0.3) is 5.91 Å². The Labute approximate surface area is 305 Å². The Hall–Kier alpha value is -5.30. The first-order valence-corrected chi connectivity index (χ1v) is 17.5. The number of carbonyl (C=O) groups is 5. The van der Waals surface area contributed by atoms with Crippen LogP contribution < -0.4 is 31.3 Å². The van der Waals surface area contributed by atoms with Gasteiger partial charge < -0.3 is 36.5 Å². The lowest BCUT2D eigenvalue weighted by Crippen LogP contribution is -2.57. The molecule has 2 aromatic carbocycles. The Bertz CT molecular complexity index is 1630. The van der Waals surface area contributed by atoms with Crippen LogP contribution in [0.3, 0.4) is 0 Å². The highest BCUT2D eigenvalue weighted by Gasteiger charge is 2.31. The van der Waals surface area contributed by atoms with E-state index in [9.17, 15) is 29.2 Å². The zero-order valence-corrected chi connectivity index (χ0v) is 30.9. The first-order valence-electron chi connectivity index (χ1n) is 17.5. The zero-order chi connectivity index (χ0) is 38.3. The summed E-state index contributed by atoms with van der Waals surface area (Å²) in [5.41, 5.74) is 2.11. The molecule has 1 aromatic heterocycles. The third-order valence-electron chi connectivity index (χ3n) is 8.29. The highest BCUT2D eigenvalue weighted by atomic mass is 16.5. The van der Waals surface area contributed by atoms with Crippen LogP contribution in [0.2, 0.25) is 0 Å². The summed E-state index contributed by atoms with van der Waals surface area (Å²) in [5, 5.41) is 26.3. The third kappa shape index (κ3) is 13.8. The van der Waals surface area contributed by atoms with Crippen molar-refractivity contribution >= 4 is 29.6 Å². The SMILES string of the molecule is CCC[C@H](NC(=O)[C@H](CC(C)(C)C)NC(=O)c1cc[n+]([O-])cc1)C(=O)N[C@H](CN[C@@H](C)C(=O)NCc1ccc(C(=O)OC)cc1)Cc1ccccc1. The minimum Gasteiger partial charge on any atom is -0.619 e. The Balaban J connectivity index is 1.67. The summed E-state index contributed by atoms with van der Waals surface area (Å²) >= 11 is 0. The fourth-order valence-corrected chi connectivity index (χ4v) is 5.46. The first kappa shape index (κ1) is 41.1. The van der Waals surface area contributed by atoms with Crippen LogP contribution in [0.1, 0.15) is 85.7 Å². The molecule has 5 N–H and O–H groups in total. The van der Waals surface area contributed by atoms with E-state index >= 15 is 0 Å². The van der Waals surface area contributed by atoms with Crippen molar-refractivity contribution in [3.05, 3.63) is 107 Å². The highest BCUT2D eigenvalue weighted by molar-refractivity contribution is 5.98. The molecule has 0 unspecified atom stereocenters. The molecule has 1 heterocycles. The van der Waals surface area contributed by atoms with E-state index in [1.807, 2.05) is 58.0 Å². The number of aromatic nitrogens is 1. The molecule has 4 amide bonds. The average molecular weight is 717 g/mol. The Morgan fingerprint density at radius 3 is 2.02 bits per heavy atom. The molecule has 13 nitrogen and oxygen atoms in total. The second kappa shape index (κ2) is 19.9. The van der Waals surface area contributed by atoms with E-state index < -0.39 is 42.0 Å². The predicted octanol–water partition coefficient (Wildman–Crippen LogP) is 2.95. The lowest BCUT2D eigenvalue weighted by Gasteiger charge is -2.29. The number of esters is 1. The van der Waals surface area contributed by atoms with Crippen LogP contribution in [-0.2, 0) is 32.1 Å². The molecule has 0 saturated carbocycles. The van der Waals surface area contributed by atoms with Crippen LogP contribution in [0.4, 0.5) is 0 Å². The summed E-state index contributed by atoms with van der Waals surface area (Å²) in [5.74, 6) is -2.06. The summed E-state index contributed by atoms with van der Waals surface area (Å²) in [6.07, 6.45) is 4.16. The maximum Gasteiger partial charge on any atom is 0.337 e. The van der Waals surface area contributed by atoms with Crippen molar-refractivity contribution in [2.45, 2.75) is 91.0 Å². The molecule has 52 heavy (non-hydrogen) atoms. The van der Waals surface area contributed by atoms with Gasteiger partial charge in [-0.15, -0.1) is 0 Å². The molecule has 0 bridgehead atoms. The monoisotopic (exact) mass is 716 g/mol. The van der Waals surface area contributed by atoms with Crippen LogP contribution in [0.25, 0.3) is 0 Å². The smallest absolute Gasteiger partial charge is 0.337 e. The number of nitrogens with zero attached hydrogens (tertiary/aromatic N) is 1. The molecule has 0 saturated heterocycles. The van der Waals surface area contributed by atoms with Crippen molar-refractivity contribution in [2.24, 2.45) is 5.41 Å². The van der Waals surface area contributed by atoms with Gasteiger partial charge in [-0.25, -0.2) is 4.79 Å². The van der Waals surface area contributed by atoms with E-state index in [0.29, 0.717) is 36.0 Å². The number of ether oxygens (including phenoxy) is 1. The van der Waals surface area contributed by atoms with Gasteiger partial charge in [0.15, 0.2) is 12.4 Å². The van der Waals surface area contributed by atoms with E-state index in [4.69, 9.17) is 4.74 Å². The summed E-state index contributed by atoms with van der Waals surface area (Å²) < 4.78 is 5.29. The Kier molecular flexibility index (Phi) is 15.8. The maximum atomic E-state index is 13.8. The van der Waals surface area contributed by atoms with Gasteiger partial charge in [0, 0.05) is 31.3 Å². The Morgan fingerprint density at radius 1 is 0.788 bits per heavy atom. The molecule has 3 rings (SSSR count). The normalized spacial score (nSPS) is 13.5. The van der Waals surface area contributed by atoms with E-state index in [1.54, 1.807) is 31.2 Å². The molecule has 4 atom stereocenters. The van der Waals surface area contributed by atoms with Crippen molar-refractivity contribution in [1.82, 2.24) is 26.6 Å². The topological polar surface area (TPSA) is 182 Å². The van der Waals surface area contributed by atoms with Gasteiger partial charge in [-0.1, -0.05) is 76.6 Å². The van der Waals surface area contributed by atoms with Gasteiger partial charge >= 0.3 is 5.97 Å². The van der Waals surface area contributed by atoms with Gasteiger partial charge in [-0.3, -0.25) is 19.2 Å². The molecule has 0 fully saturated rings. The molecular weight excluding hydrogens is 664 g/mol. The Morgan fingerprint density at radius 2 is 1.42 bits per heavy atom. The number of hydrogen-bond donors (Lipinski definition) is 5. The number of carbonyl (C=O) groups excluding carboxylic acids is 5. The second-order valence-corrected chi connectivity index (χ2v) is 14.0. The number of rotatable bonds is 18. The van der Waals surface area contributed by atoms with Crippen molar-refractivity contribution in [3.8, 4) is 0 Å². The molecule has 3 aromatic rings. The van der Waals surface area contributed by atoms with Crippen LogP contribution in [0.5, 0.6) is 0 Å². The first-order chi connectivity index (χ1) is 24.7. The summed E-state index contributed by atoms with van der Waals surface area (Å²) in [4.78, 5) is 65.2. The third-order valence-corrected chi connectivity index (χ3v) is 8.29. The minimum absolute atomic E-state index is 0.232. The highest BCUT2D eigenvalue weighted by Crippen LogP contribution is 2.21. The minimum atomic E-state index is -0.939. The summed E-state index contributed by atoms with van der Waals surface area (Å²) in [6, 6.07) is 16.3. The number of benzene rings is 2. The lowest BCUT2D eigenvalue weighted by atomic mass is 9.87.